The van der Waals surface area contributed by atoms with Crippen LogP contribution in [0.15, 0.2) is 66.0 Å². The Morgan fingerprint density at radius 1 is 1.00 bits per heavy atom. The molecule has 3 aromatic rings. The van der Waals surface area contributed by atoms with Gasteiger partial charge in [-0.15, -0.1) is 11.3 Å². The van der Waals surface area contributed by atoms with E-state index in [0.717, 1.165) is 48.5 Å². The van der Waals surface area contributed by atoms with Crippen LogP contribution in [0.3, 0.4) is 0 Å². The highest BCUT2D eigenvalue weighted by atomic mass is 32.2. The lowest BCUT2D eigenvalue weighted by Gasteiger charge is -2.39. The van der Waals surface area contributed by atoms with Gasteiger partial charge in [0.15, 0.2) is 0 Å². The molecule has 3 heterocycles. The van der Waals surface area contributed by atoms with Crippen LogP contribution in [0, 0.1) is 0 Å². The number of hydrogen-bond acceptors (Lipinski definition) is 4. The Labute approximate surface area is 211 Å². The van der Waals surface area contributed by atoms with Crippen molar-refractivity contribution in [1.82, 2.24) is 4.90 Å². The summed E-state index contributed by atoms with van der Waals surface area (Å²) >= 11 is 3.73. The third-order valence-electron chi connectivity index (χ3n) is 7.05. The standard InChI is InChI=1S/C29H33NO2S2/c1-20(2)27-7-3-4-8-28(27)32-25-16-23-13-14-24(17-25)30(23)29(31)22-11-9-21(10-12-22)18-33-19-26-6-5-15-34-26/h3-12,15,20,23-25H,13-14,16-19H2,1-2H3. The number of carbonyl (C=O) groups excluding carboxylic acids is 1. The number of benzene rings is 2. The van der Waals surface area contributed by atoms with Crippen molar-refractivity contribution < 1.29 is 9.53 Å². The lowest BCUT2D eigenvalue weighted by atomic mass is 9.97. The number of amides is 1. The third kappa shape index (κ3) is 5.21. The molecule has 0 radical (unpaired) electrons. The highest BCUT2D eigenvalue weighted by Crippen LogP contribution is 2.39. The van der Waals surface area contributed by atoms with Gasteiger partial charge in [0.1, 0.15) is 11.9 Å². The fraction of sp³-hybridized carbons (Fsp3) is 0.414. The zero-order chi connectivity index (χ0) is 23.5. The molecule has 2 unspecified atom stereocenters. The van der Waals surface area contributed by atoms with Crippen LogP contribution in [0.1, 0.15) is 71.8 Å². The van der Waals surface area contributed by atoms with Crippen molar-refractivity contribution >= 4 is 29.0 Å². The van der Waals surface area contributed by atoms with E-state index in [9.17, 15) is 4.79 Å². The third-order valence-corrected chi connectivity index (χ3v) is 9.16. The molecule has 2 saturated heterocycles. The molecule has 2 fully saturated rings. The quantitative estimate of drug-likeness (QED) is 0.326. The normalized spacial score (nSPS) is 21.7. The average Bonchev–Trinajstić information content (AvgIpc) is 3.45. The van der Waals surface area contributed by atoms with Crippen molar-refractivity contribution in [1.29, 1.82) is 0 Å². The average molecular weight is 492 g/mol. The minimum Gasteiger partial charge on any atom is -0.490 e. The first-order valence-corrected chi connectivity index (χ1v) is 14.4. The highest BCUT2D eigenvalue weighted by Gasteiger charge is 2.44. The molecule has 2 aromatic carbocycles. The summed E-state index contributed by atoms with van der Waals surface area (Å²) in [5.74, 6) is 3.64. The summed E-state index contributed by atoms with van der Waals surface area (Å²) in [7, 11) is 0. The lowest BCUT2D eigenvalue weighted by molar-refractivity contribution is 0.0356. The van der Waals surface area contributed by atoms with Crippen LogP contribution in [0.4, 0.5) is 0 Å². The number of fused-ring (bicyclic) bond motifs is 2. The summed E-state index contributed by atoms with van der Waals surface area (Å²) in [6.45, 7) is 4.42. The maximum atomic E-state index is 13.4. The monoisotopic (exact) mass is 491 g/mol. The van der Waals surface area contributed by atoms with Gasteiger partial charge in [-0.05, 0) is 59.5 Å². The van der Waals surface area contributed by atoms with Crippen molar-refractivity contribution in [3.05, 3.63) is 87.6 Å². The second kappa shape index (κ2) is 10.6. The molecular weight excluding hydrogens is 458 g/mol. The maximum absolute atomic E-state index is 13.4. The topological polar surface area (TPSA) is 29.5 Å². The van der Waals surface area contributed by atoms with E-state index in [-0.39, 0.29) is 24.1 Å². The van der Waals surface area contributed by atoms with E-state index in [1.165, 1.54) is 16.0 Å². The molecule has 5 rings (SSSR count). The molecule has 1 amide bonds. The number of para-hydroxylation sites is 1. The largest absolute Gasteiger partial charge is 0.490 e. The predicted octanol–water partition coefficient (Wildman–Crippen LogP) is 7.52. The fourth-order valence-electron chi connectivity index (χ4n) is 5.36. The van der Waals surface area contributed by atoms with Crippen LogP contribution < -0.4 is 4.74 Å². The Bertz CT molecular complexity index is 1080. The molecule has 178 valence electrons. The molecule has 3 nitrogen and oxygen atoms in total. The zero-order valence-corrected chi connectivity index (χ0v) is 21.6. The summed E-state index contributed by atoms with van der Waals surface area (Å²) in [4.78, 5) is 17.0. The summed E-state index contributed by atoms with van der Waals surface area (Å²) in [6.07, 6.45) is 4.20. The number of ether oxygens (including phenoxy) is 1. The smallest absolute Gasteiger partial charge is 0.254 e. The van der Waals surface area contributed by atoms with E-state index in [0.29, 0.717) is 5.92 Å². The number of nitrogens with zero attached hydrogens (tertiary/aromatic N) is 1. The molecule has 5 heteroatoms. The molecule has 1 aromatic heterocycles. The number of carbonyl (C=O) groups is 1. The predicted molar refractivity (Wildman–Crippen MR) is 143 cm³/mol. The number of rotatable bonds is 8. The van der Waals surface area contributed by atoms with Gasteiger partial charge in [-0.2, -0.15) is 11.8 Å². The van der Waals surface area contributed by atoms with Gasteiger partial charge in [-0.3, -0.25) is 4.79 Å². The summed E-state index contributed by atoms with van der Waals surface area (Å²) in [5.41, 5.74) is 3.35. The Balaban J connectivity index is 1.19. The van der Waals surface area contributed by atoms with Gasteiger partial charge in [0.2, 0.25) is 0 Å². The van der Waals surface area contributed by atoms with Gasteiger partial charge in [0.25, 0.3) is 5.91 Å². The molecule has 2 aliphatic rings. The summed E-state index contributed by atoms with van der Waals surface area (Å²) < 4.78 is 6.50. The molecule has 2 aliphatic heterocycles. The molecule has 0 spiro atoms. The van der Waals surface area contributed by atoms with Crippen molar-refractivity contribution in [2.45, 2.75) is 75.1 Å². The van der Waals surface area contributed by atoms with Crippen LogP contribution in [0.2, 0.25) is 0 Å². The first-order chi connectivity index (χ1) is 16.6. The molecular formula is C29H33NO2S2. The van der Waals surface area contributed by atoms with Crippen molar-refractivity contribution in [3.8, 4) is 5.75 Å². The molecule has 0 saturated carbocycles. The van der Waals surface area contributed by atoms with Crippen LogP contribution in [-0.4, -0.2) is 29.0 Å². The molecule has 0 N–H and O–H groups in total. The van der Waals surface area contributed by atoms with Crippen LogP contribution >= 0.6 is 23.1 Å². The number of thiophene rings is 1. The second-order valence-corrected chi connectivity index (χ2v) is 11.8. The Hall–Kier alpha value is -2.24. The maximum Gasteiger partial charge on any atom is 0.254 e. The van der Waals surface area contributed by atoms with Crippen LogP contribution in [0.5, 0.6) is 5.75 Å². The van der Waals surface area contributed by atoms with Gasteiger partial charge in [0.05, 0.1) is 0 Å². The zero-order valence-electron chi connectivity index (χ0n) is 20.0. The molecule has 2 bridgehead atoms. The molecule has 34 heavy (non-hydrogen) atoms. The van der Waals surface area contributed by atoms with E-state index in [4.69, 9.17) is 4.74 Å². The second-order valence-electron chi connectivity index (χ2n) is 9.77. The Morgan fingerprint density at radius 3 is 2.41 bits per heavy atom. The Kier molecular flexibility index (Phi) is 7.31. The van der Waals surface area contributed by atoms with Crippen LogP contribution in [0.25, 0.3) is 0 Å². The minimum absolute atomic E-state index is 0.184. The number of thioether (sulfide) groups is 1. The summed E-state index contributed by atoms with van der Waals surface area (Å²) in [5, 5.41) is 2.13. The van der Waals surface area contributed by atoms with Gasteiger partial charge < -0.3 is 9.64 Å². The van der Waals surface area contributed by atoms with Gasteiger partial charge in [-0.25, -0.2) is 0 Å². The van der Waals surface area contributed by atoms with Gasteiger partial charge in [-0.1, -0.05) is 50.2 Å². The number of hydrogen-bond donors (Lipinski definition) is 0. The van der Waals surface area contributed by atoms with Crippen molar-refractivity contribution in [3.63, 3.8) is 0 Å². The lowest BCUT2D eigenvalue weighted by Crippen LogP contribution is -2.49. The van der Waals surface area contributed by atoms with E-state index >= 15 is 0 Å². The van der Waals surface area contributed by atoms with Crippen molar-refractivity contribution in [2.75, 3.05) is 0 Å². The van der Waals surface area contributed by atoms with E-state index in [1.807, 2.05) is 35.2 Å². The van der Waals surface area contributed by atoms with Gasteiger partial charge in [0, 0.05) is 46.9 Å². The number of piperidine rings is 1. The first kappa shape index (κ1) is 23.5. The highest BCUT2D eigenvalue weighted by molar-refractivity contribution is 7.97. The van der Waals surface area contributed by atoms with E-state index in [1.54, 1.807) is 0 Å². The van der Waals surface area contributed by atoms with E-state index < -0.39 is 0 Å². The Morgan fingerprint density at radius 2 is 1.74 bits per heavy atom. The SMILES string of the molecule is CC(C)c1ccccc1OC1CC2CCC(C1)N2C(=O)c1ccc(CSCc2cccs2)cc1. The summed E-state index contributed by atoms with van der Waals surface area (Å²) in [6, 6.07) is 21.5. The molecule has 2 atom stereocenters. The van der Waals surface area contributed by atoms with E-state index in [2.05, 4.69) is 72.7 Å². The van der Waals surface area contributed by atoms with Gasteiger partial charge >= 0.3 is 0 Å². The first-order valence-electron chi connectivity index (χ1n) is 12.4. The van der Waals surface area contributed by atoms with Crippen molar-refractivity contribution in [2.24, 2.45) is 0 Å². The fourth-order valence-corrected chi connectivity index (χ4v) is 7.19. The molecule has 0 aliphatic carbocycles. The van der Waals surface area contributed by atoms with Crippen LogP contribution in [-0.2, 0) is 11.5 Å². The minimum atomic E-state index is 0.184.